The Labute approximate surface area is 164 Å². The Bertz CT molecular complexity index is 828. The molecule has 0 aromatic carbocycles. The number of rotatable bonds is 7. The molecule has 1 aromatic rings. The van der Waals surface area contributed by atoms with Crippen molar-refractivity contribution in [3.8, 4) is 0 Å². The molecular weight excluding hydrogens is 384 g/mol. The predicted octanol–water partition coefficient (Wildman–Crippen LogP) is 0.0676. The van der Waals surface area contributed by atoms with Crippen LogP contribution in [0.4, 0.5) is 0 Å². The molecule has 28 heavy (non-hydrogen) atoms. The number of aromatic nitrogens is 1. The van der Waals surface area contributed by atoms with Gasteiger partial charge in [-0.2, -0.15) is 4.31 Å². The number of nitrogens with one attached hydrogen (secondary N) is 1. The van der Waals surface area contributed by atoms with Gasteiger partial charge in [0, 0.05) is 25.1 Å². The topological polar surface area (TPSA) is 140 Å². The molecule has 0 bridgehead atoms. The van der Waals surface area contributed by atoms with Gasteiger partial charge < -0.3 is 11.1 Å². The summed E-state index contributed by atoms with van der Waals surface area (Å²) in [5.41, 5.74) is 5.18. The minimum Gasteiger partial charge on any atom is -0.369 e. The number of nitrogens with two attached hydrogens (primary N) is 1. The number of carbonyl (C=O) groups excluding carboxylic acids is 3. The fourth-order valence-electron chi connectivity index (χ4n) is 3.02. The molecule has 0 unspecified atom stereocenters. The molecule has 1 fully saturated rings. The number of primary amides is 1. The molecule has 1 aromatic heterocycles. The van der Waals surface area contributed by atoms with Gasteiger partial charge in [-0.1, -0.05) is 19.9 Å². The first-order chi connectivity index (χ1) is 13.1. The lowest BCUT2D eigenvalue weighted by molar-refractivity contribution is -0.128. The smallest absolute Gasteiger partial charge is 0.260 e. The molecule has 3 atom stereocenters. The van der Waals surface area contributed by atoms with Gasteiger partial charge in [0.05, 0.1) is 12.6 Å². The summed E-state index contributed by atoms with van der Waals surface area (Å²) in [5, 5.41) is 2.55. The number of hydrogen-bond acceptors (Lipinski definition) is 6. The molecule has 9 nitrogen and oxygen atoms in total. The summed E-state index contributed by atoms with van der Waals surface area (Å²) in [4.78, 5) is 39.7. The Morgan fingerprint density at radius 2 is 2.11 bits per heavy atom. The highest BCUT2D eigenvalue weighted by molar-refractivity contribution is 7.89. The third kappa shape index (κ3) is 5.59. The number of pyridine rings is 1. The van der Waals surface area contributed by atoms with Crippen LogP contribution in [0.15, 0.2) is 29.4 Å². The van der Waals surface area contributed by atoms with Gasteiger partial charge in [-0.05, 0) is 30.9 Å². The lowest BCUT2D eigenvalue weighted by Gasteiger charge is -2.20. The number of Topliss-reactive ketones (excluding diaryl/α,β-unsaturated/α-hetero) is 1. The van der Waals surface area contributed by atoms with Crippen LogP contribution in [0.25, 0.3) is 0 Å². The molecule has 0 radical (unpaired) electrons. The normalized spacial score (nSPS) is 22.3. The van der Waals surface area contributed by atoms with Crippen LogP contribution in [0.5, 0.6) is 0 Å². The number of sulfonamides is 1. The molecule has 2 amide bonds. The third-order valence-corrected chi connectivity index (χ3v) is 6.47. The van der Waals surface area contributed by atoms with Crippen LogP contribution in [0.1, 0.15) is 33.1 Å². The van der Waals surface area contributed by atoms with E-state index in [0.717, 1.165) is 4.31 Å². The van der Waals surface area contributed by atoms with E-state index in [2.05, 4.69) is 10.3 Å². The van der Waals surface area contributed by atoms with Crippen LogP contribution in [-0.4, -0.2) is 54.4 Å². The Balaban J connectivity index is 2.05. The first kappa shape index (κ1) is 22.0. The summed E-state index contributed by atoms with van der Waals surface area (Å²) in [6, 6.07) is 3.79. The average Bonchev–Trinajstić information content (AvgIpc) is 2.79. The van der Waals surface area contributed by atoms with Crippen molar-refractivity contribution in [2.24, 2.45) is 17.6 Å². The van der Waals surface area contributed by atoms with Gasteiger partial charge in [-0.25, -0.2) is 13.4 Å². The number of ketones is 1. The molecule has 3 N–H and O–H groups in total. The highest BCUT2D eigenvalue weighted by Crippen LogP contribution is 2.21. The fourth-order valence-corrected chi connectivity index (χ4v) is 4.47. The number of carbonyl (C=O) groups is 3. The van der Waals surface area contributed by atoms with Crippen molar-refractivity contribution in [2.45, 2.75) is 44.2 Å². The first-order valence-corrected chi connectivity index (χ1v) is 10.6. The van der Waals surface area contributed by atoms with Crippen LogP contribution in [-0.2, 0) is 24.4 Å². The van der Waals surface area contributed by atoms with E-state index in [0.29, 0.717) is 6.42 Å². The summed E-state index contributed by atoms with van der Waals surface area (Å²) in [5.74, 6) is -1.80. The van der Waals surface area contributed by atoms with E-state index in [1.165, 1.54) is 12.3 Å². The van der Waals surface area contributed by atoms with Gasteiger partial charge in [0.15, 0.2) is 10.8 Å². The maximum atomic E-state index is 12.8. The van der Waals surface area contributed by atoms with E-state index < -0.39 is 27.9 Å². The summed E-state index contributed by atoms with van der Waals surface area (Å²) in [6.07, 6.45) is 2.08. The van der Waals surface area contributed by atoms with Gasteiger partial charge >= 0.3 is 0 Å². The molecule has 1 aliphatic rings. The van der Waals surface area contributed by atoms with E-state index in [-0.39, 0.29) is 48.6 Å². The Hall–Kier alpha value is -2.33. The van der Waals surface area contributed by atoms with Crippen LogP contribution in [0.2, 0.25) is 0 Å². The highest BCUT2D eigenvalue weighted by Gasteiger charge is 2.36. The monoisotopic (exact) mass is 410 g/mol. The Morgan fingerprint density at radius 1 is 1.39 bits per heavy atom. The van der Waals surface area contributed by atoms with Crippen LogP contribution >= 0.6 is 0 Å². The molecule has 1 saturated heterocycles. The minimum absolute atomic E-state index is 0.0677. The first-order valence-electron chi connectivity index (χ1n) is 9.13. The molecular formula is C18H26N4O5S. The highest BCUT2D eigenvalue weighted by atomic mass is 32.2. The largest absolute Gasteiger partial charge is 0.369 e. The van der Waals surface area contributed by atoms with Gasteiger partial charge in [0.25, 0.3) is 10.0 Å². The van der Waals surface area contributed by atoms with Crippen molar-refractivity contribution in [1.82, 2.24) is 14.6 Å². The van der Waals surface area contributed by atoms with Crippen molar-refractivity contribution in [3.63, 3.8) is 0 Å². The average molecular weight is 410 g/mol. The zero-order valence-corrected chi connectivity index (χ0v) is 16.8. The lowest BCUT2D eigenvalue weighted by Crippen LogP contribution is -2.44. The third-order valence-electron chi connectivity index (χ3n) is 4.74. The van der Waals surface area contributed by atoms with Crippen molar-refractivity contribution in [1.29, 1.82) is 0 Å². The summed E-state index contributed by atoms with van der Waals surface area (Å²) >= 11 is 0. The lowest BCUT2D eigenvalue weighted by atomic mass is 10.00. The second kappa shape index (κ2) is 9.24. The number of amides is 2. The van der Waals surface area contributed by atoms with E-state index in [1.807, 2.05) is 6.92 Å². The van der Waals surface area contributed by atoms with Gasteiger partial charge in [-0.15, -0.1) is 0 Å². The summed E-state index contributed by atoms with van der Waals surface area (Å²) < 4.78 is 26.7. The van der Waals surface area contributed by atoms with Gasteiger partial charge in [0.1, 0.15) is 0 Å². The van der Waals surface area contributed by atoms with Crippen LogP contribution in [0.3, 0.4) is 0 Å². The van der Waals surface area contributed by atoms with E-state index in [4.69, 9.17) is 5.73 Å². The number of nitrogens with zero attached hydrogens (tertiary/aromatic N) is 2. The SMILES string of the molecule is C[C@@H]1C[C@@H](NC(=O)CC[C@H](C)C(N)=O)C(=O)CN(S(=O)(=O)c2ccccn2)C1. The predicted molar refractivity (Wildman–Crippen MR) is 101 cm³/mol. The van der Waals surface area contributed by atoms with Gasteiger partial charge in [-0.3, -0.25) is 14.4 Å². The zero-order valence-electron chi connectivity index (χ0n) is 16.0. The van der Waals surface area contributed by atoms with Crippen molar-refractivity contribution in [2.75, 3.05) is 13.1 Å². The maximum Gasteiger partial charge on any atom is 0.260 e. The molecule has 0 saturated carbocycles. The Kier molecular flexibility index (Phi) is 7.25. The molecule has 0 aliphatic carbocycles. The van der Waals surface area contributed by atoms with E-state index in [9.17, 15) is 22.8 Å². The van der Waals surface area contributed by atoms with Crippen LogP contribution < -0.4 is 11.1 Å². The molecule has 10 heteroatoms. The molecule has 1 aliphatic heterocycles. The van der Waals surface area contributed by atoms with Crippen molar-refractivity contribution >= 4 is 27.6 Å². The van der Waals surface area contributed by atoms with E-state index >= 15 is 0 Å². The quantitative estimate of drug-likeness (QED) is 0.652. The van der Waals surface area contributed by atoms with E-state index in [1.54, 1.807) is 19.1 Å². The molecule has 0 spiro atoms. The van der Waals surface area contributed by atoms with Crippen molar-refractivity contribution < 1.29 is 22.8 Å². The minimum atomic E-state index is -3.90. The zero-order chi connectivity index (χ0) is 20.9. The molecule has 154 valence electrons. The van der Waals surface area contributed by atoms with Crippen molar-refractivity contribution in [3.05, 3.63) is 24.4 Å². The van der Waals surface area contributed by atoms with Crippen LogP contribution in [0, 0.1) is 11.8 Å². The Morgan fingerprint density at radius 3 is 2.71 bits per heavy atom. The molecule has 2 rings (SSSR count). The van der Waals surface area contributed by atoms with Gasteiger partial charge in [0.2, 0.25) is 11.8 Å². The second-order valence-electron chi connectivity index (χ2n) is 7.23. The maximum absolute atomic E-state index is 12.8. The summed E-state index contributed by atoms with van der Waals surface area (Å²) in [7, 11) is -3.90. The fraction of sp³-hybridized carbons (Fsp3) is 0.556. The second-order valence-corrected chi connectivity index (χ2v) is 9.12. The summed E-state index contributed by atoms with van der Waals surface area (Å²) in [6.45, 7) is 3.30. The molecule has 2 heterocycles. The standard InChI is InChI=1S/C18H26N4O5S/c1-12-9-14(21-16(24)7-6-13(2)18(19)25)15(23)11-22(10-12)28(26,27)17-5-3-4-8-20-17/h3-5,8,12-14H,6-7,9-11H2,1-2H3,(H2,19,25)(H,21,24)/t12-,13+,14-/m1/s1. The number of hydrogen-bond donors (Lipinski definition) is 2.